The molecule has 2 nitrogen and oxygen atoms in total. The smallest absolute Gasteiger partial charge is 0.000976 e. The molecule has 1 aliphatic heterocycles. The van der Waals surface area contributed by atoms with Crippen molar-refractivity contribution in [3.8, 4) is 0 Å². The van der Waals surface area contributed by atoms with Crippen molar-refractivity contribution in [1.29, 1.82) is 0 Å². The lowest BCUT2D eigenvalue weighted by Gasteiger charge is -2.36. The molecule has 2 atom stereocenters. The maximum Gasteiger partial charge on any atom is 0.000976 e. The van der Waals surface area contributed by atoms with E-state index < -0.39 is 0 Å². The molecule has 100 valence electrons. The maximum absolute atomic E-state index is 5.65. The molecule has 0 spiro atoms. The fourth-order valence-corrected chi connectivity index (χ4v) is 3.78. The Labute approximate surface area is 107 Å². The Morgan fingerprint density at radius 3 is 2.47 bits per heavy atom. The van der Waals surface area contributed by atoms with Crippen LogP contribution in [0.2, 0.25) is 0 Å². The van der Waals surface area contributed by atoms with E-state index in [2.05, 4.69) is 11.8 Å². The molecule has 0 bridgehead atoms. The minimum Gasteiger partial charge on any atom is -0.330 e. The molecule has 2 rings (SSSR count). The van der Waals surface area contributed by atoms with Crippen LogP contribution < -0.4 is 5.73 Å². The van der Waals surface area contributed by atoms with Crippen molar-refractivity contribution < 1.29 is 0 Å². The Bertz CT molecular complexity index is 209. The first-order valence-electron chi connectivity index (χ1n) is 7.70. The number of rotatable bonds is 4. The minimum absolute atomic E-state index is 0.880. The minimum atomic E-state index is 0.880. The van der Waals surface area contributed by atoms with E-state index in [0.29, 0.717) is 0 Å². The average Bonchev–Trinajstić information content (AvgIpc) is 2.32. The van der Waals surface area contributed by atoms with Crippen LogP contribution in [-0.2, 0) is 0 Å². The van der Waals surface area contributed by atoms with Gasteiger partial charge >= 0.3 is 0 Å². The molecule has 2 N–H and O–H groups in total. The molecule has 0 radical (unpaired) electrons. The van der Waals surface area contributed by atoms with Gasteiger partial charge in [-0.2, -0.15) is 0 Å². The Morgan fingerprint density at radius 2 is 1.82 bits per heavy atom. The summed E-state index contributed by atoms with van der Waals surface area (Å²) in [5, 5.41) is 0. The predicted molar refractivity (Wildman–Crippen MR) is 74.0 cm³/mol. The summed E-state index contributed by atoms with van der Waals surface area (Å²) in [5.74, 6) is 2.88. The summed E-state index contributed by atoms with van der Waals surface area (Å²) >= 11 is 0. The van der Waals surface area contributed by atoms with Crippen LogP contribution in [0.1, 0.15) is 51.9 Å². The molecule has 2 fully saturated rings. The van der Waals surface area contributed by atoms with Gasteiger partial charge < -0.3 is 10.6 Å². The van der Waals surface area contributed by atoms with Gasteiger partial charge in [-0.3, -0.25) is 0 Å². The van der Waals surface area contributed by atoms with E-state index in [1.807, 2.05) is 0 Å². The highest BCUT2D eigenvalue weighted by atomic mass is 15.1. The van der Waals surface area contributed by atoms with Crippen LogP contribution in [-0.4, -0.2) is 31.1 Å². The van der Waals surface area contributed by atoms with Crippen molar-refractivity contribution in [3.05, 3.63) is 0 Å². The van der Waals surface area contributed by atoms with Crippen molar-refractivity contribution in [2.45, 2.75) is 51.9 Å². The molecule has 2 heteroatoms. The van der Waals surface area contributed by atoms with Crippen molar-refractivity contribution in [2.75, 3.05) is 26.2 Å². The molecular weight excluding hydrogens is 208 g/mol. The van der Waals surface area contributed by atoms with Crippen LogP contribution in [0.25, 0.3) is 0 Å². The van der Waals surface area contributed by atoms with Crippen molar-refractivity contribution in [3.63, 3.8) is 0 Å². The molecule has 1 saturated carbocycles. The summed E-state index contributed by atoms with van der Waals surface area (Å²) in [7, 11) is 0. The highest BCUT2D eigenvalue weighted by Crippen LogP contribution is 2.30. The van der Waals surface area contributed by atoms with E-state index >= 15 is 0 Å². The monoisotopic (exact) mass is 238 g/mol. The quantitative estimate of drug-likeness (QED) is 0.816. The number of likely N-dealkylation sites (tertiary alicyclic amines) is 1. The third-order valence-corrected chi connectivity index (χ3v) is 4.84. The fourth-order valence-electron chi connectivity index (χ4n) is 3.78. The number of hydrogen-bond acceptors (Lipinski definition) is 2. The van der Waals surface area contributed by atoms with Gasteiger partial charge in [-0.05, 0) is 69.5 Å². The van der Waals surface area contributed by atoms with Crippen molar-refractivity contribution in [2.24, 2.45) is 23.5 Å². The molecule has 1 aliphatic carbocycles. The second kappa shape index (κ2) is 6.75. The molecule has 0 amide bonds. The van der Waals surface area contributed by atoms with Gasteiger partial charge in [0.15, 0.2) is 0 Å². The topological polar surface area (TPSA) is 29.3 Å². The number of nitrogens with two attached hydrogens (primary N) is 1. The molecular formula is C15H30N2. The lowest BCUT2D eigenvalue weighted by Crippen LogP contribution is -2.38. The van der Waals surface area contributed by atoms with Gasteiger partial charge in [0.1, 0.15) is 0 Å². The summed E-state index contributed by atoms with van der Waals surface area (Å²) < 4.78 is 0. The van der Waals surface area contributed by atoms with E-state index in [9.17, 15) is 0 Å². The van der Waals surface area contributed by atoms with E-state index in [0.717, 1.165) is 24.3 Å². The zero-order chi connectivity index (χ0) is 12.1. The normalized spacial score (nSPS) is 32.8. The summed E-state index contributed by atoms with van der Waals surface area (Å²) in [4.78, 5) is 2.72. The van der Waals surface area contributed by atoms with Gasteiger partial charge in [-0.25, -0.2) is 0 Å². The van der Waals surface area contributed by atoms with E-state index in [1.165, 1.54) is 64.6 Å². The Hall–Kier alpha value is -0.0800. The van der Waals surface area contributed by atoms with Crippen LogP contribution in [0.15, 0.2) is 0 Å². The molecule has 0 aromatic carbocycles. The standard InChI is InChI=1S/C15H30N2/c1-13-3-2-4-15(11-13)12-17-9-6-14(5-8-16)7-10-17/h13-15H,2-12,16H2,1H3. The van der Waals surface area contributed by atoms with Gasteiger partial charge in [-0.15, -0.1) is 0 Å². The summed E-state index contributed by atoms with van der Waals surface area (Å²) in [6.07, 6.45) is 9.91. The van der Waals surface area contributed by atoms with Gasteiger partial charge in [0, 0.05) is 6.54 Å². The van der Waals surface area contributed by atoms with Gasteiger partial charge in [-0.1, -0.05) is 19.8 Å². The van der Waals surface area contributed by atoms with Crippen LogP contribution in [0, 0.1) is 17.8 Å². The molecule has 0 aromatic heterocycles. The summed E-state index contributed by atoms with van der Waals surface area (Å²) in [6, 6.07) is 0. The molecule has 2 aliphatic rings. The zero-order valence-electron chi connectivity index (χ0n) is 11.5. The van der Waals surface area contributed by atoms with E-state index in [1.54, 1.807) is 0 Å². The highest BCUT2D eigenvalue weighted by molar-refractivity contribution is 4.78. The first kappa shape index (κ1) is 13.4. The summed E-state index contributed by atoms with van der Waals surface area (Å²) in [5.41, 5.74) is 5.65. The van der Waals surface area contributed by atoms with Crippen LogP contribution in [0.5, 0.6) is 0 Å². The number of nitrogens with zero attached hydrogens (tertiary/aromatic N) is 1. The van der Waals surface area contributed by atoms with Gasteiger partial charge in [0.25, 0.3) is 0 Å². The average molecular weight is 238 g/mol. The lowest BCUT2D eigenvalue weighted by molar-refractivity contribution is 0.133. The molecule has 1 heterocycles. The first-order valence-corrected chi connectivity index (χ1v) is 7.70. The van der Waals surface area contributed by atoms with Crippen LogP contribution in [0.4, 0.5) is 0 Å². The second-order valence-electron chi connectivity index (χ2n) is 6.46. The Morgan fingerprint density at radius 1 is 1.06 bits per heavy atom. The van der Waals surface area contributed by atoms with Crippen LogP contribution in [0.3, 0.4) is 0 Å². The van der Waals surface area contributed by atoms with E-state index in [4.69, 9.17) is 5.73 Å². The third-order valence-electron chi connectivity index (χ3n) is 4.84. The van der Waals surface area contributed by atoms with Crippen molar-refractivity contribution in [1.82, 2.24) is 4.90 Å². The van der Waals surface area contributed by atoms with Crippen molar-refractivity contribution >= 4 is 0 Å². The molecule has 17 heavy (non-hydrogen) atoms. The van der Waals surface area contributed by atoms with E-state index in [-0.39, 0.29) is 0 Å². The first-order chi connectivity index (χ1) is 8.28. The predicted octanol–water partition coefficient (Wildman–Crippen LogP) is 2.87. The fraction of sp³-hybridized carbons (Fsp3) is 1.00. The SMILES string of the molecule is CC1CCCC(CN2CCC(CCN)CC2)C1. The molecule has 2 unspecified atom stereocenters. The van der Waals surface area contributed by atoms with Gasteiger partial charge in [0.05, 0.1) is 0 Å². The summed E-state index contributed by atoms with van der Waals surface area (Å²) in [6.45, 7) is 7.34. The second-order valence-corrected chi connectivity index (χ2v) is 6.46. The third kappa shape index (κ3) is 4.26. The number of hydrogen-bond donors (Lipinski definition) is 1. The largest absolute Gasteiger partial charge is 0.330 e. The number of piperidine rings is 1. The lowest BCUT2D eigenvalue weighted by atomic mass is 9.82. The Balaban J connectivity index is 1.67. The molecule has 1 saturated heterocycles. The maximum atomic E-state index is 5.65. The van der Waals surface area contributed by atoms with Gasteiger partial charge in [0.2, 0.25) is 0 Å². The molecule has 0 aromatic rings. The highest BCUT2D eigenvalue weighted by Gasteiger charge is 2.24. The van der Waals surface area contributed by atoms with Crippen LogP contribution >= 0.6 is 0 Å². The Kier molecular flexibility index (Phi) is 5.30. The zero-order valence-corrected chi connectivity index (χ0v) is 11.5.